The zero-order valence-corrected chi connectivity index (χ0v) is 10.9. The van der Waals surface area contributed by atoms with Crippen LogP contribution in [-0.4, -0.2) is 82.9 Å². The molecule has 0 atom stereocenters. The Kier molecular flexibility index (Phi) is 244. The Morgan fingerprint density at radius 2 is 1.00 bits per heavy atom. The van der Waals surface area contributed by atoms with Gasteiger partial charge in [-0.3, -0.25) is 0 Å². The maximum Gasteiger partial charge on any atom is 2.00 e. The first-order valence-electron chi connectivity index (χ1n) is 0. The Morgan fingerprint density at radius 3 is 1.00 bits per heavy atom. The fraction of sp³-hybridized carbons (Fsp3) is 0. The minimum atomic E-state index is 0. The van der Waals surface area contributed by atoms with Crippen molar-refractivity contribution < 1.29 is 39.0 Å². The van der Waals surface area contributed by atoms with Crippen molar-refractivity contribution >= 4 is 71.9 Å². The van der Waals surface area contributed by atoms with E-state index in [4.69, 9.17) is 0 Å². The van der Waals surface area contributed by atoms with Gasteiger partial charge in [0, 0.05) is 22.4 Å². The minimum Gasteiger partial charge on any atom is -1.00 e. The van der Waals surface area contributed by atoms with Crippen molar-refractivity contribution in [1.82, 2.24) is 0 Å². The molecule has 0 aromatic heterocycles. The summed E-state index contributed by atoms with van der Waals surface area (Å²) in [5.41, 5.74) is 0. The van der Waals surface area contributed by atoms with Crippen molar-refractivity contribution in [3.63, 3.8) is 0 Å². The second-order valence-electron chi connectivity index (χ2n) is 0. The molecule has 0 bridgehead atoms. The van der Waals surface area contributed by atoms with E-state index >= 15 is 0 Å². The zero-order valence-electron chi connectivity index (χ0n) is 6.86. The topological polar surface area (TPSA) is 63.0 Å². The van der Waals surface area contributed by atoms with Crippen molar-refractivity contribution in [3.8, 4) is 0 Å². The molecule has 4 N–H and O–H groups in total. The molecule has 0 saturated carbocycles. The Balaban J connectivity index is 0. The molecule has 29 valence electrons. The zero-order chi connectivity index (χ0) is 0. The van der Waals surface area contributed by atoms with Crippen molar-refractivity contribution in [2.45, 2.75) is 0 Å². The molecule has 0 saturated heterocycles. The summed E-state index contributed by atoms with van der Waals surface area (Å²) < 4.78 is 0. The largest absolute Gasteiger partial charge is 2.00 e. The van der Waals surface area contributed by atoms with Crippen LogP contribution in [0.15, 0.2) is 0 Å². The molecular formula is H8BaMgNbO2. The summed E-state index contributed by atoms with van der Waals surface area (Å²) in [5.74, 6) is 0. The summed E-state index contributed by atoms with van der Waals surface area (Å²) in [4.78, 5) is 0. The molecule has 0 aromatic rings. The van der Waals surface area contributed by atoms with E-state index in [0.717, 1.165) is 0 Å². The van der Waals surface area contributed by atoms with Gasteiger partial charge < -0.3 is 16.7 Å². The monoisotopic (exact) mass is 295 g/mol. The summed E-state index contributed by atoms with van der Waals surface area (Å²) in [5, 5.41) is 0. The van der Waals surface area contributed by atoms with Gasteiger partial charge in [0.2, 0.25) is 0 Å². The predicted octanol–water partition coefficient (Wildman–Crippen LogP) is -1.96. The second-order valence-corrected chi connectivity index (χ2v) is 0. The van der Waals surface area contributed by atoms with Crippen LogP contribution in [0.4, 0.5) is 0 Å². The third-order valence-electron chi connectivity index (χ3n) is 0. The summed E-state index contributed by atoms with van der Waals surface area (Å²) >= 11 is 0. The molecule has 0 aromatic carbocycles. The minimum absolute atomic E-state index is 0. The van der Waals surface area contributed by atoms with Gasteiger partial charge in [-0.05, 0) is 0 Å². The van der Waals surface area contributed by atoms with E-state index in [-0.39, 0.29) is 111 Å². The van der Waals surface area contributed by atoms with Crippen molar-refractivity contribution in [1.29, 1.82) is 0 Å². The van der Waals surface area contributed by atoms with Crippen LogP contribution in [0.2, 0.25) is 0 Å². The van der Waals surface area contributed by atoms with Gasteiger partial charge in [-0.2, -0.15) is 0 Å². The Morgan fingerprint density at radius 1 is 1.00 bits per heavy atom. The van der Waals surface area contributed by atoms with E-state index in [2.05, 4.69) is 0 Å². The van der Waals surface area contributed by atoms with Gasteiger partial charge in [0.1, 0.15) is 0 Å². The summed E-state index contributed by atoms with van der Waals surface area (Å²) in [6.45, 7) is 0. The van der Waals surface area contributed by atoms with Crippen LogP contribution in [0.5, 0.6) is 0 Å². The Hall–Kier alpha value is 3.00. The van der Waals surface area contributed by atoms with Crippen LogP contribution in [0.1, 0.15) is 5.71 Å². The quantitative estimate of drug-likeness (QED) is 0.466. The molecule has 2 nitrogen and oxygen atoms in total. The van der Waals surface area contributed by atoms with Gasteiger partial charge >= 0.3 is 71.9 Å². The molecule has 0 rings (SSSR count). The van der Waals surface area contributed by atoms with E-state index < -0.39 is 0 Å². The molecule has 0 aliphatic rings. The molecule has 0 amide bonds. The van der Waals surface area contributed by atoms with E-state index in [1.165, 1.54) is 0 Å². The molecule has 0 fully saturated rings. The third-order valence-corrected chi connectivity index (χ3v) is 0. The van der Waals surface area contributed by atoms with Crippen LogP contribution in [-0.2, 0) is 22.4 Å². The second kappa shape index (κ2) is 28.0. The maximum atomic E-state index is 0. The van der Waals surface area contributed by atoms with Crippen LogP contribution in [0, 0.1) is 0 Å². The van der Waals surface area contributed by atoms with Gasteiger partial charge in [-0.1, -0.05) is 0 Å². The first-order chi connectivity index (χ1) is 0. The SMILES string of the molecule is O.O.[Ba+2].[H-].[H-].[H-].[H-].[Mg+2].[Nb]. The fourth-order valence-corrected chi connectivity index (χ4v) is 0. The average molecular weight is 295 g/mol. The van der Waals surface area contributed by atoms with Crippen molar-refractivity contribution in [2.75, 3.05) is 0 Å². The standard InChI is InChI=1S/Ba.Mg.Nb.2H2O.4H/h;;;2*1H2;;;;/q2*+2;;;;4*-1. The first-order valence-corrected chi connectivity index (χ1v) is 0. The molecule has 0 unspecified atom stereocenters. The normalized spacial score (nSPS) is 0. The van der Waals surface area contributed by atoms with Crippen molar-refractivity contribution in [2.24, 2.45) is 0 Å². The molecule has 0 spiro atoms. The molecule has 1 radical (unpaired) electrons. The van der Waals surface area contributed by atoms with E-state index in [0.29, 0.717) is 0 Å². The smallest absolute Gasteiger partial charge is 1.00 e. The molecule has 0 aliphatic carbocycles. The van der Waals surface area contributed by atoms with Crippen LogP contribution < -0.4 is 0 Å². The molecule has 5 heavy (non-hydrogen) atoms. The van der Waals surface area contributed by atoms with Gasteiger partial charge in [-0.15, -0.1) is 0 Å². The molecule has 0 aliphatic heterocycles. The van der Waals surface area contributed by atoms with Crippen LogP contribution in [0.25, 0.3) is 0 Å². The Bertz CT molecular complexity index is 18.5. The van der Waals surface area contributed by atoms with Gasteiger partial charge in [-0.25, -0.2) is 0 Å². The van der Waals surface area contributed by atoms with Gasteiger partial charge in [0.15, 0.2) is 0 Å². The summed E-state index contributed by atoms with van der Waals surface area (Å²) in [7, 11) is 0. The Labute approximate surface area is 109 Å². The van der Waals surface area contributed by atoms with E-state index in [9.17, 15) is 0 Å². The summed E-state index contributed by atoms with van der Waals surface area (Å²) in [6, 6.07) is 0. The van der Waals surface area contributed by atoms with Crippen LogP contribution >= 0.6 is 0 Å². The molecule has 5 heteroatoms. The number of hydrogen-bond donors (Lipinski definition) is 0. The average Bonchev–Trinajstić information content (AvgIpc) is 0. The predicted molar refractivity (Wildman–Crippen MR) is 23.2 cm³/mol. The van der Waals surface area contributed by atoms with Crippen molar-refractivity contribution in [3.05, 3.63) is 0 Å². The first kappa shape index (κ1) is 43.6. The number of hydrogen-bond acceptors (Lipinski definition) is 0. The number of rotatable bonds is 0. The van der Waals surface area contributed by atoms with Crippen LogP contribution in [0.3, 0.4) is 0 Å². The van der Waals surface area contributed by atoms with Gasteiger partial charge in [0.25, 0.3) is 0 Å². The van der Waals surface area contributed by atoms with E-state index in [1.807, 2.05) is 0 Å². The van der Waals surface area contributed by atoms with Gasteiger partial charge in [0.05, 0.1) is 0 Å². The molecular weight excluding hydrogens is 287 g/mol. The maximum absolute atomic E-state index is 0. The van der Waals surface area contributed by atoms with E-state index in [1.54, 1.807) is 0 Å². The third kappa shape index (κ3) is 19.4. The fourth-order valence-electron chi connectivity index (χ4n) is 0. The molecule has 0 heterocycles. The summed E-state index contributed by atoms with van der Waals surface area (Å²) in [6.07, 6.45) is 0.